The fourth-order valence-corrected chi connectivity index (χ4v) is 3.89. The molecule has 132 valence electrons. The highest BCUT2D eigenvalue weighted by atomic mass is 15.4. The van der Waals surface area contributed by atoms with Crippen LogP contribution >= 0.6 is 0 Å². The lowest BCUT2D eigenvalue weighted by Crippen LogP contribution is -2.40. The van der Waals surface area contributed by atoms with Crippen LogP contribution in [0.15, 0.2) is 24.9 Å². The number of hydrogen-bond acceptors (Lipinski definition) is 6. The Balaban J connectivity index is 1.58. The number of imidazole rings is 1. The minimum absolute atomic E-state index is 0.364. The number of anilines is 1. The van der Waals surface area contributed by atoms with Crippen LogP contribution < -0.4 is 5.32 Å². The van der Waals surface area contributed by atoms with Crippen molar-refractivity contribution in [3.8, 4) is 0 Å². The van der Waals surface area contributed by atoms with Gasteiger partial charge in [0.1, 0.15) is 12.1 Å². The molecular weight excluding hydrogens is 316 g/mol. The first kappa shape index (κ1) is 16.0. The van der Waals surface area contributed by atoms with Crippen LogP contribution in [0.4, 0.5) is 5.82 Å². The number of aromatic nitrogens is 6. The van der Waals surface area contributed by atoms with Crippen LogP contribution in [0.2, 0.25) is 0 Å². The van der Waals surface area contributed by atoms with E-state index in [-0.39, 0.29) is 0 Å². The van der Waals surface area contributed by atoms with Crippen molar-refractivity contribution in [2.45, 2.75) is 25.8 Å². The van der Waals surface area contributed by atoms with Gasteiger partial charge in [-0.15, -0.1) is 0 Å². The minimum atomic E-state index is 0.364. The van der Waals surface area contributed by atoms with Gasteiger partial charge in [-0.2, -0.15) is 14.6 Å². The van der Waals surface area contributed by atoms with E-state index in [2.05, 4.69) is 48.9 Å². The Labute approximate surface area is 146 Å². The van der Waals surface area contributed by atoms with Crippen LogP contribution in [-0.2, 0) is 7.05 Å². The summed E-state index contributed by atoms with van der Waals surface area (Å²) in [6.45, 7) is 3.97. The summed E-state index contributed by atoms with van der Waals surface area (Å²) in [5, 5.41) is 7.86. The van der Waals surface area contributed by atoms with Gasteiger partial charge in [-0.05, 0) is 39.3 Å². The highest BCUT2D eigenvalue weighted by Crippen LogP contribution is 2.34. The molecule has 2 atom stereocenters. The standard InChI is InChI=1S/C17H24N8/c1-12-7-15(25-17(22-12)20-10-21-25)19-8-13-5-4-6-23(2)16(13)14-9-18-11-24(14)3/h7,9-11,13,16,19H,4-6,8H2,1-3H3/t13-,16+/m0/s1. The molecule has 4 rings (SSSR count). The van der Waals surface area contributed by atoms with E-state index < -0.39 is 0 Å². The van der Waals surface area contributed by atoms with E-state index in [0.29, 0.717) is 17.7 Å². The average molecular weight is 340 g/mol. The van der Waals surface area contributed by atoms with Gasteiger partial charge in [0, 0.05) is 31.5 Å². The lowest BCUT2D eigenvalue weighted by atomic mass is 9.87. The van der Waals surface area contributed by atoms with E-state index in [1.807, 2.05) is 25.5 Å². The Bertz CT molecular complexity index is 867. The zero-order valence-corrected chi connectivity index (χ0v) is 14.9. The quantitative estimate of drug-likeness (QED) is 0.778. The van der Waals surface area contributed by atoms with Gasteiger partial charge in [0.15, 0.2) is 0 Å². The molecule has 0 amide bonds. The number of hydrogen-bond donors (Lipinski definition) is 1. The Morgan fingerprint density at radius 1 is 1.32 bits per heavy atom. The van der Waals surface area contributed by atoms with Crippen molar-refractivity contribution in [1.29, 1.82) is 0 Å². The maximum atomic E-state index is 4.40. The lowest BCUT2D eigenvalue weighted by Gasteiger charge is -2.39. The van der Waals surface area contributed by atoms with Crippen LogP contribution in [0.3, 0.4) is 0 Å². The third-order valence-electron chi connectivity index (χ3n) is 5.09. The van der Waals surface area contributed by atoms with Gasteiger partial charge in [-0.1, -0.05) is 0 Å². The topological polar surface area (TPSA) is 76.2 Å². The van der Waals surface area contributed by atoms with Crippen molar-refractivity contribution < 1.29 is 0 Å². The molecular formula is C17H24N8. The molecule has 1 aliphatic rings. The van der Waals surface area contributed by atoms with E-state index in [9.17, 15) is 0 Å². The summed E-state index contributed by atoms with van der Waals surface area (Å²) < 4.78 is 3.89. The summed E-state index contributed by atoms with van der Waals surface area (Å²) in [7, 11) is 4.27. The Morgan fingerprint density at radius 3 is 3.00 bits per heavy atom. The van der Waals surface area contributed by atoms with Crippen molar-refractivity contribution in [2.75, 3.05) is 25.5 Å². The molecule has 3 aromatic heterocycles. The molecule has 0 spiro atoms. The largest absolute Gasteiger partial charge is 0.369 e. The molecule has 0 aromatic carbocycles. The number of rotatable bonds is 4. The molecule has 8 nitrogen and oxygen atoms in total. The molecule has 25 heavy (non-hydrogen) atoms. The molecule has 0 bridgehead atoms. The number of likely N-dealkylation sites (tertiary alicyclic amines) is 1. The second-order valence-electron chi connectivity index (χ2n) is 6.89. The van der Waals surface area contributed by atoms with E-state index >= 15 is 0 Å². The second-order valence-corrected chi connectivity index (χ2v) is 6.89. The number of piperidine rings is 1. The molecule has 1 aliphatic heterocycles. The Hall–Kier alpha value is -2.48. The Kier molecular flexibility index (Phi) is 4.12. The molecule has 8 heteroatoms. The van der Waals surface area contributed by atoms with Gasteiger partial charge < -0.3 is 9.88 Å². The first-order valence-corrected chi connectivity index (χ1v) is 8.71. The zero-order chi connectivity index (χ0) is 17.4. The molecule has 3 aromatic rings. The molecule has 4 heterocycles. The highest BCUT2D eigenvalue weighted by Gasteiger charge is 2.32. The number of fused-ring (bicyclic) bond motifs is 1. The molecule has 0 saturated carbocycles. The van der Waals surface area contributed by atoms with Gasteiger partial charge >= 0.3 is 0 Å². The fraction of sp³-hybridized carbons (Fsp3) is 0.529. The summed E-state index contributed by atoms with van der Waals surface area (Å²) in [4.78, 5) is 15.4. The number of nitrogens with one attached hydrogen (secondary N) is 1. The van der Waals surface area contributed by atoms with Gasteiger partial charge in [-0.3, -0.25) is 4.90 Å². The lowest BCUT2D eigenvalue weighted by molar-refractivity contribution is 0.122. The molecule has 1 saturated heterocycles. The predicted molar refractivity (Wildman–Crippen MR) is 95.3 cm³/mol. The van der Waals surface area contributed by atoms with Crippen molar-refractivity contribution in [3.63, 3.8) is 0 Å². The fourth-order valence-electron chi connectivity index (χ4n) is 3.89. The minimum Gasteiger partial charge on any atom is -0.369 e. The number of aryl methyl sites for hydroxylation is 2. The smallest absolute Gasteiger partial charge is 0.254 e. The van der Waals surface area contributed by atoms with Crippen LogP contribution in [0.1, 0.15) is 30.3 Å². The van der Waals surface area contributed by atoms with Crippen molar-refractivity contribution in [3.05, 3.63) is 36.3 Å². The van der Waals surface area contributed by atoms with Gasteiger partial charge in [0.2, 0.25) is 0 Å². The van der Waals surface area contributed by atoms with Gasteiger partial charge in [-0.25, -0.2) is 9.97 Å². The third-order valence-corrected chi connectivity index (χ3v) is 5.09. The maximum absolute atomic E-state index is 4.40. The van der Waals surface area contributed by atoms with Gasteiger partial charge in [0.05, 0.1) is 18.1 Å². The average Bonchev–Trinajstić information content (AvgIpc) is 3.21. The zero-order valence-electron chi connectivity index (χ0n) is 14.9. The van der Waals surface area contributed by atoms with Crippen LogP contribution in [0.25, 0.3) is 5.78 Å². The SMILES string of the molecule is Cc1cc(NC[C@@H]2CCCN(C)[C@H]2c2cncn2C)n2ncnc2n1. The van der Waals surface area contributed by atoms with Crippen LogP contribution in [-0.4, -0.2) is 54.2 Å². The normalized spacial score (nSPS) is 21.7. The summed E-state index contributed by atoms with van der Waals surface area (Å²) in [5.41, 5.74) is 2.21. The van der Waals surface area contributed by atoms with E-state index in [4.69, 9.17) is 0 Å². The summed E-state index contributed by atoms with van der Waals surface area (Å²) in [6.07, 6.45) is 7.82. The van der Waals surface area contributed by atoms with Crippen molar-refractivity contribution >= 4 is 11.6 Å². The highest BCUT2D eigenvalue weighted by molar-refractivity contribution is 5.44. The molecule has 0 radical (unpaired) electrons. The van der Waals surface area contributed by atoms with E-state index in [1.54, 1.807) is 10.8 Å². The first-order valence-electron chi connectivity index (χ1n) is 8.71. The van der Waals surface area contributed by atoms with E-state index in [1.165, 1.54) is 18.5 Å². The van der Waals surface area contributed by atoms with Crippen molar-refractivity contribution in [1.82, 2.24) is 34.0 Å². The first-order chi connectivity index (χ1) is 12.1. The van der Waals surface area contributed by atoms with E-state index in [0.717, 1.165) is 24.6 Å². The summed E-state index contributed by atoms with van der Waals surface area (Å²) in [5.74, 6) is 2.07. The van der Waals surface area contributed by atoms with Crippen LogP contribution in [0.5, 0.6) is 0 Å². The second kappa shape index (κ2) is 6.44. The maximum Gasteiger partial charge on any atom is 0.254 e. The molecule has 1 N–H and O–H groups in total. The molecule has 0 unspecified atom stereocenters. The van der Waals surface area contributed by atoms with Gasteiger partial charge in [0.25, 0.3) is 5.78 Å². The monoisotopic (exact) mass is 340 g/mol. The summed E-state index contributed by atoms with van der Waals surface area (Å²) >= 11 is 0. The predicted octanol–water partition coefficient (Wildman–Crippen LogP) is 1.66. The Morgan fingerprint density at radius 2 is 2.20 bits per heavy atom. The third kappa shape index (κ3) is 2.97. The molecule has 1 fully saturated rings. The van der Waals surface area contributed by atoms with Crippen molar-refractivity contribution in [2.24, 2.45) is 13.0 Å². The number of nitrogens with zero attached hydrogens (tertiary/aromatic N) is 7. The molecule has 0 aliphatic carbocycles. The van der Waals surface area contributed by atoms with Crippen LogP contribution in [0, 0.1) is 12.8 Å². The summed E-state index contributed by atoms with van der Waals surface area (Å²) in [6, 6.07) is 2.38.